The average molecular weight is 522 g/mol. The number of rotatable bonds is 6. The van der Waals surface area contributed by atoms with E-state index in [2.05, 4.69) is 32.6 Å². The van der Waals surface area contributed by atoms with E-state index in [0.29, 0.717) is 0 Å². The van der Waals surface area contributed by atoms with E-state index in [-0.39, 0.29) is 21.9 Å². The van der Waals surface area contributed by atoms with Crippen LogP contribution in [0, 0.1) is 6.92 Å². The molecule has 1 aliphatic rings. The predicted molar refractivity (Wildman–Crippen MR) is 123 cm³/mol. The number of hydrogen-bond donors (Lipinski definition) is 1. The van der Waals surface area contributed by atoms with Gasteiger partial charge in [0.2, 0.25) is 5.88 Å². The normalized spacial score (nSPS) is 15.2. The lowest BCUT2D eigenvalue weighted by atomic mass is 9.68. The lowest BCUT2D eigenvalue weighted by Crippen LogP contribution is -2.31. The van der Waals surface area contributed by atoms with Gasteiger partial charge in [0.1, 0.15) is 5.56 Å². The van der Waals surface area contributed by atoms with Gasteiger partial charge in [-0.25, -0.2) is 8.42 Å². The summed E-state index contributed by atoms with van der Waals surface area (Å²) < 4.78 is 69.7. The van der Waals surface area contributed by atoms with E-state index in [1.54, 1.807) is 6.07 Å². The molecular formula is C23H22F3N5O4S. The summed E-state index contributed by atoms with van der Waals surface area (Å²) in [6, 6.07) is 8.51. The second kappa shape index (κ2) is 9.12. The summed E-state index contributed by atoms with van der Waals surface area (Å²) in [5.41, 5.74) is -1.67. The first kappa shape index (κ1) is 25.5. The number of benzene rings is 1. The Morgan fingerprint density at radius 3 is 2.36 bits per heavy atom. The van der Waals surface area contributed by atoms with E-state index in [1.807, 2.05) is 0 Å². The number of sulfone groups is 1. The van der Waals surface area contributed by atoms with Crippen molar-refractivity contribution < 1.29 is 31.1 Å². The second-order valence-corrected chi connectivity index (χ2v) is 10.9. The van der Waals surface area contributed by atoms with Crippen molar-refractivity contribution >= 4 is 21.4 Å². The topological polar surface area (TPSA) is 124 Å². The first-order chi connectivity index (χ1) is 16.8. The first-order valence-corrected chi connectivity index (χ1v) is 12.8. The fraction of sp³-hybridized carbons (Fsp3) is 0.348. The van der Waals surface area contributed by atoms with Crippen LogP contribution in [0.4, 0.5) is 18.9 Å². The molecule has 1 amide bonds. The van der Waals surface area contributed by atoms with Crippen LogP contribution in [0.15, 0.2) is 41.3 Å². The zero-order valence-electron chi connectivity index (χ0n) is 19.5. The highest BCUT2D eigenvalue weighted by Gasteiger charge is 2.38. The number of ether oxygens (including phenoxy) is 1. The zero-order chi connectivity index (χ0) is 26.3. The fourth-order valence-corrected chi connectivity index (χ4v) is 4.53. The standard InChI is InChI=1S/C23H22F3N5O4S/c1-13-18(20(32)27-14-6-4-7-15(12-14)36(3,33)34)21(31-30-19(13)23(24,25)26)35-17-9-8-16(28-29-17)22(2)10-5-11-22/h4,6-9,12H,5,10-11H2,1-3H3,(H,27,32). The van der Waals surface area contributed by atoms with Gasteiger partial charge < -0.3 is 10.1 Å². The Kier molecular flexibility index (Phi) is 6.45. The number of nitrogens with one attached hydrogen (secondary N) is 1. The number of amides is 1. The molecule has 36 heavy (non-hydrogen) atoms. The van der Waals surface area contributed by atoms with Gasteiger partial charge in [-0.2, -0.15) is 18.3 Å². The van der Waals surface area contributed by atoms with E-state index >= 15 is 0 Å². The largest absolute Gasteiger partial charge is 0.435 e. The molecule has 4 rings (SSSR count). The van der Waals surface area contributed by atoms with Crippen LogP contribution >= 0.6 is 0 Å². The molecule has 13 heteroatoms. The minimum Gasteiger partial charge on any atom is -0.417 e. The smallest absolute Gasteiger partial charge is 0.417 e. The number of anilines is 1. The van der Waals surface area contributed by atoms with E-state index in [1.165, 1.54) is 30.3 Å². The molecule has 1 N–H and O–H groups in total. The van der Waals surface area contributed by atoms with E-state index in [0.717, 1.165) is 38.1 Å². The number of halogens is 3. The van der Waals surface area contributed by atoms with Crippen molar-refractivity contribution in [3.05, 3.63) is 58.9 Å². The van der Waals surface area contributed by atoms with E-state index in [9.17, 15) is 26.4 Å². The zero-order valence-corrected chi connectivity index (χ0v) is 20.4. The molecule has 0 unspecified atom stereocenters. The maximum absolute atomic E-state index is 13.5. The SMILES string of the molecule is Cc1c(C(F)(F)F)nnc(Oc2ccc(C3(C)CCC3)nn2)c1C(=O)Nc1cccc(S(C)(=O)=O)c1. The Morgan fingerprint density at radius 1 is 1.08 bits per heavy atom. The summed E-state index contributed by atoms with van der Waals surface area (Å²) in [5.74, 6) is -1.59. The highest BCUT2D eigenvalue weighted by Crippen LogP contribution is 2.42. The molecule has 0 saturated heterocycles. The highest BCUT2D eigenvalue weighted by molar-refractivity contribution is 7.90. The highest BCUT2D eigenvalue weighted by atomic mass is 32.2. The Balaban J connectivity index is 1.69. The average Bonchev–Trinajstić information content (AvgIpc) is 2.77. The molecule has 3 aromatic rings. The van der Waals surface area contributed by atoms with Gasteiger partial charge in [0.25, 0.3) is 11.8 Å². The molecule has 1 aromatic carbocycles. The van der Waals surface area contributed by atoms with Gasteiger partial charge in [-0.15, -0.1) is 15.3 Å². The van der Waals surface area contributed by atoms with Crippen molar-refractivity contribution in [3.8, 4) is 11.8 Å². The third-order valence-corrected chi connectivity index (χ3v) is 7.23. The van der Waals surface area contributed by atoms with Crippen LogP contribution in [-0.4, -0.2) is 41.0 Å². The van der Waals surface area contributed by atoms with Gasteiger partial charge >= 0.3 is 6.18 Å². The van der Waals surface area contributed by atoms with Gasteiger partial charge in [-0.05, 0) is 49.6 Å². The van der Waals surface area contributed by atoms with Crippen molar-refractivity contribution in [2.75, 3.05) is 11.6 Å². The van der Waals surface area contributed by atoms with Crippen LogP contribution < -0.4 is 10.1 Å². The van der Waals surface area contributed by atoms with Gasteiger partial charge in [0.15, 0.2) is 15.5 Å². The van der Waals surface area contributed by atoms with Crippen molar-refractivity contribution in [1.29, 1.82) is 0 Å². The van der Waals surface area contributed by atoms with Crippen LogP contribution in [0.2, 0.25) is 0 Å². The third-order valence-electron chi connectivity index (χ3n) is 6.12. The Bertz CT molecular complexity index is 1420. The van der Waals surface area contributed by atoms with Crippen LogP contribution in [0.1, 0.15) is 53.5 Å². The van der Waals surface area contributed by atoms with Gasteiger partial charge in [-0.1, -0.05) is 19.4 Å². The fourth-order valence-electron chi connectivity index (χ4n) is 3.86. The van der Waals surface area contributed by atoms with Crippen LogP contribution in [0.5, 0.6) is 11.8 Å². The summed E-state index contributed by atoms with van der Waals surface area (Å²) >= 11 is 0. The first-order valence-electron chi connectivity index (χ1n) is 10.9. The number of hydrogen-bond acceptors (Lipinski definition) is 8. The van der Waals surface area contributed by atoms with E-state index in [4.69, 9.17) is 4.74 Å². The second-order valence-electron chi connectivity index (χ2n) is 8.88. The maximum Gasteiger partial charge on any atom is 0.435 e. The summed E-state index contributed by atoms with van der Waals surface area (Å²) in [6.07, 6.45) is -0.861. The maximum atomic E-state index is 13.5. The van der Waals surface area contributed by atoms with Crippen LogP contribution in [0.3, 0.4) is 0 Å². The minimum absolute atomic E-state index is 0.0523. The van der Waals surface area contributed by atoms with Crippen LogP contribution in [-0.2, 0) is 21.4 Å². The van der Waals surface area contributed by atoms with Gasteiger partial charge in [-0.3, -0.25) is 4.79 Å². The number of carbonyl (C=O) groups excluding carboxylic acids is 1. The summed E-state index contributed by atoms with van der Waals surface area (Å²) in [5, 5.41) is 17.3. The number of alkyl halides is 3. The molecule has 2 heterocycles. The van der Waals surface area contributed by atoms with E-state index < -0.39 is 44.6 Å². The molecule has 0 atom stereocenters. The minimum atomic E-state index is -4.87. The third kappa shape index (κ3) is 5.15. The predicted octanol–water partition coefficient (Wildman–Crippen LogP) is 4.48. The molecule has 2 aromatic heterocycles. The number of carbonyl (C=O) groups is 1. The van der Waals surface area contributed by atoms with Crippen molar-refractivity contribution in [3.63, 3.8) is 0 Å². The molecule has 1 aliphatic carbocycles. The van der Waals surface area contributed by atoms with Crippen LogP contribution in [0.25, 0.3) is 0 Å². The summed E-state index contributed by atoms with van der Waals surface area (Å²) in [6.45, 7) is 3.13. The van der Waals surface area contributed by atoms with Crippen molar-refractivity contribution in [2.24, 2.45) is 0 Å². The van der Waals surface area contributed by atoms with Crippen molar-refractivity contribution in [2.45, 2.75) is 49.6 Å². The molecule has 1 fully saturated rings. The Labute approximate surface area is 205 Å². The Hall–Kier alpha value is -3.61. The molecule has 0 bridgehead atoms. The van der Waals surface area contributed by atoms with Gasteiger partial charge in [0, 0.05) is 23.4 Å². The van der Waals surface area contributed by atoms with Gasteiger partial charge in [0.05, 0.1) is 10.6 Å². The molecule has 0 aliphatic heterocycles. The summed E-state index contributed by atoms with van der Waals surface area (Å²) in [7, 11) is -3.58. The quantitative estimate of drug-likeness (QED) is 0.503. The van der Waals surface area contributed by atoms with Crippen molar-refractivity contribution in [1.82, 2.24) is 20.4 Å². The molecule has 0 spiro atoms. The number of aromatic nitrogens is 4. The lowest BCUT2D eigenvalue weighted by Gasteiger charge is -2.37. The molecule has 0 radical (unpaired) electrons. The summed E-state index contributed by atoms with van der Waals surface area (Å²) in [4.78, 5) is 13.0. The molecule has 190 valence electrons. The Morgan fingerprint density at radius 2 is 1.81 bits per heavy atom. The lowest BCUT2D eigenvalue weighted by molar-refractivity contribution is -0.142. The monoisotopic (exact) mass is 521 g/mol. The molecular weight excluding hydrogens is 499 g/mol. The number of nitrogens with zero attached hydrogens (tertiary/aromatic N) is 4. The molecule has 1 saturated carbocycles. The molecule has 9 nitrogen and oxygen atoms in total.